The van der Waals surface area contributed by atoms with Crippen LogP contribution in [0.25, 0.3) is 0 Å². The van der Waals surface area contributed by atoms with Crippen molar-refractivity contribution in [3.63, 3.8) is 0 Å². The summed E-state index contributed by atoms with van der Waals surface area (Å²) < 4.78 is 27.1. The Bertz CT molecular complexity index is 373. The second-order valence-corrected chi connectivity index (χ2v) is 8.28. The summed E-state index contributed by atoms with van der Waals surface area (Å²) in [5.74, 6) is 2.34. The van der Waals surface area contributed by atoms with Crippen LogP contribution in [0.3, 0.4) is 0 Å². The zero-order valence-corrected chi connectivity index (χ0v) is 11.2. The molecule has 0 unspecified atom stereocenters. The highest BCUT2D eigenvalue weighted by molar-refractivity contribution is 7.90. The van der Waals surface area contributed by atoms with Crippen LogP contribution in [0.5, 0.6) is 0 Å². The Morgan fingerprint density at radius 3 is 2.35 bits per heavy atom. The minimum absolute atomic E-state index is 0.0962. The lowest BCUT2D eigenvalue weighted by molar-refractivity contribution is 0.332. The van der Waals surface area contributed by atoms with Gasteiger partial charge in [0.05, 0.1) is 5.25 Å². The molecule has 0 aromatic carbocycles. The van der Waals surface area contributed by atoms with E-state index in [1.54, 1.807) is 0 Å². The second kappa shape index (κ2) is 4.54. The van der Waals surface area contributed by atoms with Crippen LogP contribution >= 0.6 is 0 Å². The number of sulfonamides is 1. The molecule has 3 nitrogen and oxygen atoms in total. The van der Waals surface area contributed by atoms with Gasteiger partial charge in [0.25, 0.3) is 0 Å². The SMILES string of the molecule is O=S(=O)(NC[C@H]1C[C@H]2CC[C@H]1C2)C1CCCC1. The van der Waals surface area contributed by atoms with Gasteiger partial charge in [-0.15, -0.1) is 0 Å². The van der Waals surface area contributed by atoms with E-state index in [2.05, 4.69) is 4.72 Å². The minimum atomic E-state index is -3.01. The van der Waals surface area contributed by atoms with Gasteiger partial charge < -0.3 is 0 Å². The monoisotopic (exact) mass is 257 g/mol. The van der Waals surface area contributed by atoms with Crippen molar-refractivity contribution in [2.24, 2.45) is 17.8 Å². The Balaban J connectivity index is 1.53. The normalized spacial score (nSPS) is 38.0. The Labute approximate surface area is 104 Å². The quantitative estimate of drug-likeness (QED) is 0.840. The van der Waals surface area contributed by atoms with Crippen LogP contribution in [0.2, 0.25) is 0 Å². The Kier molecular flexibility index (Phi) is 3.20. The fourth-order valence-corrected chi connectivity index (χ4v) is 5.80. The molecule has 0 amide bonds. The van der Waals surface area contributed by atoms with Crippen LogP contribution in [0.1, 0.15) is 51.4 Å². The average molecular weight is 257 g/mol. The van der Waals surface area contributed by atoms with Gasteiger partial charge in [-0.05, 0) is 49.9 Å². The van der Waals surface area contributed by atoms with Crippen LogP contribution in [-0.4, -0.2) is 20.2 Å². The third kappa shape index (κ3) is 2.39. The maximum Gasteiger partial charge on any atom is 0.214 e. The van der Waals surface area contributed by atoms with E-state index in [9.17, 15) is 8.42 Å². The summed E-state index contributed by atoms with van der Waals surface area (Å²) in [7, 11) is -3.01. The summed E-state index contributed by atoms with van der Waals surface area (Å²) in [5, 5.41) is -0.0962. The maximum atomic E-state index is 12.1. The third-order valence-corrected chi connectivity index (χ3v) is 7.09. The molecule has 3 fully saturated rings. The molecule has 3 rings (SSSR count). The van der Waals surface area contributed by atoms with Crippen LogP contribution in [0.15, 0.2) is 0 Å². The number of fused-ring (bicyclic) bond motifs is 2. The second-order valence-electron chi connectivity index (χ2n) is 6.23. The lowest BCUT2D eigenvalue weighted by Crippen LogP contribution is -2.37. The molecule has 0 saturated heterocycles. The van der Waals surface area contributed by atoms with Crippen molar-refractivity contribution in [2.45, 2.75) is 56.6 Å². The molecule has 3 saturated carbocycles. The summed E-state index contributed by atoms with van der Waals surface area (Å²) in [6, 6.07) is 0. The van der Waals surface area contributed by atoms with Gasteiger partial charge in [0.15, 0.2) is 0 Å². The first-order chi connectivity index (χ1) is 8.15. The number of hydrogen-bond acceptors (Lipinski definition) is 2. The van der Waals surface area contributed by atoms with Crippen molar-refractivity contribution in [3.8, 4) is 0 Å². The van der Waals surface area contributed by atoms with Crippen LogP contribution in [0.4, 0.5) is 0 Å². The van der Waals surface area contributed by atoms with Crippen molar-refractivity contribution in [1.29, 1.82) is 0 Å². The van der Waals surface area contributed by atoms with Crippen molar-refractivity contribution in [2.75, 3.05) is 6.54 Å². The predicted molar refractivity (Wildman–Crippen MR) is 68.1 cm³/mol. The fourth-order valence-electron chi connectivity index (χ4n) is 4.17. The van der Waals surface area contributed by atoms with Gasteiger partial charge in [0.1, 0.15) is 0 Å². The van der Waals surface area contributed by atoms with Crippen molar-refractivity contribution >= 4 is 10.0 Å². The van der Waals surface area contributed by atoms with Gasteiger partial charge in [0.2, 0.25) is 10.0 Å². The van der Waals surface area contributed by atoms with Gasteiger partial charge >= 0.3 is 0 Å². The summed E-state index contributed by atoms with van der Waals surface area (Å²) >= 11 is 0. The van der Waals surface area contributed by atoms with E-state index in [1.165, 1.54) is 25.7 Å². The molecule has 3 aliphatic rings. The molecule has 4 heteroatoms. The van der Waals surface area contributed by atoms with Crippen LogP contribution < -0.4 is 4.72 Å². The zero-order chi connectivity index (χ0) is 11.9. The van der Waals surface area contributed by atoms with Gasteiger partial charge in [0, 0.05) is 6.54 Å². The largest absolute Gasteiger partial charge is 0.215 e. The Morgan fingerprint density at radius 1 is 1.00 bits per heavy atom. The topological polar surface area (TPSA) is 46.2 Å². The maximum absolute atomic E-state index is 12.1. The molecule has 1 N–H and O–H groups in total. The average Bonchev–Trinajstić information content (AvgIpc) is 3.02. The van der Waals surface area contributed by atoms with E-state index < -0.39 is 10.0 Å². The smallest absolute Gasteiger partial charge is 0.214 e. The molecular formula is C13H23NO2S. The minimum Gasteiger partial charge on any atom is -0.215 e. The molecule has 0 aromatic heterocycles. The number of nitrogens with one attached hydrogen (secondary N) is 1. The molecule has 17 heavy (non-hydrogen) atoms. The molecule has 0 heterocycles. The van der Waals surface area contributed by atoms with Gasteiger partial charge in [-0.2, -0.15) is 0 Å². The predicted octanol–water partition coefficient (Wildman–Crippen LogP) is 2.28. The molecule has 0 aromatic rings. The van der Waals surface area contributed by atoms with Gasteiger partial charge in [-0.3, -0.25) is 0 Å². The molecule has 2 bridgehead atoms. The Morgan fingerprint density at radius 2 is 1.76 bits per heavy atom. The summed E-state index contributed by atoms with van der Waals surface area (Å²) in [4.78, 5) is 0. The lowest BCUT2D eigenvalue weighted by Gasteiger charge is -2.22. The fraction of sp³-hybridized carbons (Fsp3) is 1.00. The molecule has 3 aliphatic carbocycles. The highest BCUT2D eigenvalue weighted by Gasteiger charge is 2.40. The van der Waals surface area contributed by atoms with Crippen LogP contribution in [0, 0.1) is 17.8 Å². The molecule has 0 spiro atoms. The van der Waals surface area contributed by atoms with E-state index in [4.69, 9.17) is 0 Å². The first-order valence-corrected chi connectivity index (χ1v) is 8.68. The van der Waals surface area contributed by atoms with Crippen molar-refractivity contribution in [3.05, 3.63) is 0 Å². The Hall–Kier alpha value is -0.0900. The summed E-state index contributed by atoms with van der Waals surface area (Å²) in [6.45, 7) is 0.708. The van der Waals surface area contributed by atoms with E-state index in [0.717, 1.165) is 37.5 Å². The highest BCUT2D eigenvalue weighted by atomic mass is 32.2. The van der Waals surface area contributed by atoms with Gasteiger partial charge in [-0.25, -0.2) is 13.1 Å². The summed E-state index contributed by atoms with van der Waals surface area (Å²) in [6.07, 6.45) is 9.24. The first-order valence-electron chi connectivity index (χ1n) is 7.13. The molecule has 3 atom stereocenters. The summed E-state index contributed by atoms with van der Waals surface area (Å²) in [5.41, 5.74) is 0. The van der Waals surface area contributed by atoms with Gasteiger partial charge in [-0.1, -0.05) is 19.3 Å². The van der Waals surface area contributed by atoms with Crippen molar-refractivity contribution < 1.29 is 8.42 Å². The van der Waals surface area contributed by atoms with Crippen molar-refractivity contribution in [1.82, 2.24) is 4.72 Å². The lowest BCUT2D eigenvalue weighted by atomic mass is 9.89. The molecule has 0 aliphatic heterocycles. The zero-order valence-electron chi connectivity index (χ0n) is 10.4. The third-order valence-electron chi connectivity index (χ3n) is 5.17. The van der Waals surface area contributed by atoms with E-state index >= 15 is 0 Å². The molecule has 98 valence electrons. The molecule has 0 radical (unpaired) electrons. The standard InChI is InChI=1S/C13H23NO2S/c15-17(16,13-3-1-2-4-13)14-9-12-8-10-5-6-11(12)7-10/h10-14H,1-9H2/t10-,11-,12+/m0/s1. The van der Waals surface area contributed by atoms with E-state index in [0.29, 0.717) is 12.5 Å². The van der Waals surface area contributed by atoms with Crippen LogP contribution in [-0.2, 0) is 10.0 Å². The van der Waals surface area contributed by atoms with E-state index in [-0.39, 0.29) is 5.25 Å². The number of rotatable bonds is 4. The first kappa shape index (κ1) is 12.0. The number of hydrogen-bond donors (Lipinski definition) is 1. The molecular weight excluding hydrogens is 234 g/mol. The highest BCUT2D eigenvalue weighted by Crippen LogP contribution is 2.48. The van der Waals surface area contributed by atoms with E-state index in [1.807, 2.05) is 0 Å².